The summed E-state index contributed by atoms with van der Waals surface area (Å²) < 4.78 is 5.82. The van der Waals surface area contributed by atoms with Gasteiger partial charge in [-0.05, 0) is 24.6 Å². The number of hydrogen-bond donors (Lipinski definition) is 2. The Bertz CT molecular complexity index is 722. The van der Waals surface area contributed by atoms with Gasteiger partial charge in [-0.25, -0.2) is 0 Å². The molecular weight excluding hydrogens is 242 g/mol. The highest BCUT2D eigenvalue weighted by atomic mass is 16.5. The Balaban J connectivity index is 2.06. The van der Waals surface area contributed by atoms with Crippen LogP contribution in [0, 0.1) is 6.92 Å². The third-order valence-electron chi connectivity index (χ3n) is 2.70. The minimum Gasteiger partial charge on any atom is -0.438 e. The number of aryl methyl sites for hydroxylation is 1. The van der Waals surface area contributed by atoms with E-state index < -0.39 is 0 Å². The predicted octanol–water partition coefficient (Wildman–Crippen LogP) is 2.50. The summed E-state index contributed by atoms with van der Waals surface area (Å²) in [7, 11) is 1.76. The van der Waals surface area contributed by atoms with E-state index in [2.05, 4.69) is 25.5 Å². The van der Waals surface area contributed by atoms with Crippen LogP contribution in [0.4, 0.5) is 5.95 Å². The molecule has 3 aromatic rings. The minimum atomic E-state index is 0.480. The number of anilines is 1. The largest absolute Gasteiger partial charge is 0.438 e. The van der Waals surface area contributed by atoms with Crippen molar-refractivity contribution in [2.24, 2.45) is 0 Å². The lowest BCUT2D eigenvalue weighted by atomic mass is 10.2. The standard InChI is InChI=1S/C13H13N5O/c1-8-4-3-5-9(6-8)19-12-10-7-15-18-11(10)16-13(14-2)17-12/h3-7H,1-2H3,(H2,14,15,16,17,18). The molecule has 19 heavy (non-hydrogen) atoms. The minimum absolute atomic E-state index is 0.480. The highest BCUT2D eigenvalue weighted by molar-refractivity contribution is 5.80. The van der Waals surface area contributed by atoms with Crippen LogP contribution in [0.1, 0.15) is 5.56 Å². The molecule has 2 heterocycles. The van der Waals surface area contributed by atoms with E-state index in [1.165, 1.54) is 0 Å². The van der Waals surface area contributed by atoms with Crippen LogP contribution in [-0.4, -0.2) is 27.2 Å². The summed E-state index contributed by atoms with van der Waals surface area (Å²) in [6, 6.07) is 7.80. The molecule has 0 spiro atoms. The second-order valence-electron chi connectivity index (χ2n) is 4.15. The molecule has 6 nitrogen and oxygen atoms in total. The molecule has 0 aliphatic rings. The maximum Gasteiger partial charge on any atom is 0.235 e. The van der Waals surface area contributed by atoms with E-state index in [4.69, 9.17) is 4.74 Å². The summed E-state index contributed by atoms with van der Waals surface area (Å²) in [5.41, 5.74) is 1.77. The van der Waals surface area contributed by atoms with Crippen LogP contribution in [0.5, 0.6) is 11.6 Å². The average Bonchev–Trinajstić information content (AvgIpc) is 2.87. The maximum absolute atomic E-state index is 5.82. The summed E-state index contributed by atoms with van der Waals surface area (Å²) >= 11 is 0. The summed E-state index contributed by atoms with van der Waals surface area (Å²) in [4.78, 5) is 8.57. The number of fused-ring (bicyclic) bond motifs is 1. The van der Waals surface area contributed by atoms with E-state index in [0.29, 0.717) is 17.5 Å². The Morgan fingerprint density at radius 2 is 2.16 bits per heavy atom. The fourth-order valence-corrected chi connectivity index (χ4v) is 1.79. The third kappa shape index (κ3) is 2.20. The summed E-state index contributed by atoms with van der Waals surface area (Å²) in [6.07, 6.45) is 1.65. The lowest BCUT2D eigenvalue weighted by Crippen LogP contribution is -1.99. The molecular formula is C13H13N5O. The van der Waals surface area contributed by atoms with Gasteiger partial charge >= 0.3 is 0 Å². The molecule has 0 atom stereocenters. The molecule has 0 aliphatic heterocycles. The number of hydrogen-bond acceptors (Lipinski definition) is 5. The van der Waals surface area contributed by atoms with Gasteiger partial charge < -0.3 is 10.1 Å². The Morgan fingerprint density at radius 3 is 2.95 bits per heavy atom. The van der Waals surface area contributed by atoms with Crippen LogP contribution in [-0.2, 0) is 0 Å². The fourth-order valence-electron chi connectivity index (χ4n) is 1.79. The number of aromatic nitrogens is 4. The number of H-pyrrole nitrogens is 1. The topological polar surface area (TPSA) is 75.7 Å². The quantitative estimate of drug-likeness (QED) is 0.752. The van der Waals surface area contributed by atoms with Crippen molar-refractivity contribution < 1.29 is 4.74 Å². The SMILES string of the molecule is CNc1nc(Oc2cccc(C)c2)c2cn[nH]c2n1. The molecule has 3 rings (SSSR count). The first-order valence-corrected chi connectivity index (χ1v) is 5.89. The first kappa shape index (κ1) is 11.5. The van der Waals surface area contributed by atoms with Crippen LogP contribution < -0.4 is 10.1 Å². The van der Waals surface area contributed by atoms with E-state index >= 15 is 0 Å². The Kier molecular flexibility index (Phi) is 2.75. The summed E-state index contributed by atoms with van der Waals surface area (Å²) in [5.74, 6) is 1.70. The number of nitrogens with one attached hydrogen (secondary N) is 2. The van der Waals surface area contributed by atoms with Crippen LogP contribution in [0.25, 0.3) is 11.0 Å². The van der Waals surface area contributed by atoms with Gasteiger partial charge in [-0.2, -0.15) is 15.1 Å². The van der Waals surface area contributed by atoms with Gasteiger partial charge in [-0.15, -0.1) is 0 Å². The maximum atomic E-state index is 5.82. The Morgan fingerprint density at radius 1 is 1.26 bits per heavy atom. The third-order valence-corrected chi connectivity index (χ3v) is 2.70. The molecule has 96 valence electrons. The number of aromatic amines is 1. The molecule has 0 fully saturated rings. The Hall–Kier alpha value is -2.63. The van der Waals surface area contributed by atoms with Gasteiger partial charge in [0.2, 0.25) is 11.8 Å². The first-order chi connectivity index (χ1) is 9.26. The van der Waals surface area contributed by atoms with Crippen molar-refractivity contribution in [3.8, 4) is 11.6 Å². The number of nitrogens with zero attached hydrogens (tertiary/aromatic N) is 3. The smallest absolute Gasteiger partial charge is 0.235 e. The van der Waals surface area contributed by atoms with Gasteiger partial charge in [0.15, 0.2) is 5.65 Å². The fraction of sp³-hybridized carbons (Fsp3) is 0.154. The molecule has 0 unspecified atom stereocenters. The number of benzene rings is 1. The molecule has 0 amide bonds. The van der Waals surface area contributed by atoms with Crippen LogP contribution in [0.15, 0.2) is 30.5 Å². The zero-order chi connectivity index (χ0) is 13.2. The molecule has 1 aromatic carbocycles. The first-order valence-electron chi connectivity index (χ1n) is 5.89. The summed E-state index contributed by atoms with van der Waals surface area (Å²) in [6.45, 7) is 2.01. The zero-order valence-electron chi connectivity index (χ0n) is 10.6. The van der Waals surface area contributed by atoms with Gasteiger partial charge in [0, 0.05) is 7.05 Å². The van der Waals surface area contributed by atoms with E-state index in [9.17, 15) is 0 Å². The van der Waals surface area contributed by atoms with Gasteiger partial charge in [-0.1, -0.05) is 12.1 Å². The monoisotopic (exact) mass is 255 g/mol. The van der Waals surface area contributed by atoms with E-state index in [1.54, 1.807) is 13.2 Å². The summed E-state index contributed by atoms with van der Waals surface area (Å²) in [5, 5.41) is 10.4. The van der Waals surface area contributed by atoms with E-state index in [-0.39, 0.29) is 0 Å². The highest BCUT2D eigenvalue weighted by Gasteiger charge is 2.10. The van der Waals surface area contributed by atoms with E-state index in [1.807, 2.05) is 31.2 Å². The molecule has 0 aliphatic carbocycles. The lowest BCUT2D eigenvalue weighted by Gasteiger charge is -2.07. The van der Waals surface area contributed by atoms with Crippen molar-refractivity contribution in [1.29, 1.82) is 0 Å². The molecule has 0 saturated heterocycles. The second-order valence-corrected chi connectivity index (χ2v) is 4.15. The van der Waals surface area contributed by atoms with Crippen LogP contribution in [0.2, 0.25) is 0 Å². The van der Waals surface area contributed by atoms with Crippen molar-refractivity contribution in [1.82, 2.24) is 20.2 Å². The molecule has 6 heteroatoms. The van der Waals surface area contributed by atoms with Gasteiger partial charge in [0.25, 0.3) is 0 Å². The predicted molar refractivity (Wildman–Crippen MR) is 72.5 cm³/mol. The average molecular weight is 255 g/mol. The van der Waals surface area contributed by atoms with Crippen LogP contribution >= 0.6 is 0 Å². The Labute approximate surface area is 109 Å². The molecule has 2 aromatic heterocycles. The highest BCUT2D eigenvalue weighted by Crippen LogP contribution is 2.27. The van der Waals surface area contributed by atoms with Crippen molar-refractivity contribution in [2.45, 2.75) is 6.92 Å². The molecule has 0 saturated carbocycles. The normalized spacial score (nSPS) is 10.6. The lowest BCUT2D eigenvalue weighted by molar-refractivity contribution is 0.468. The van der Waals surface area contributed by atoms with Crippen molar-refractivity contribution in [3.05, 3.63) is 36.0 Å². The van der Waals surface area contributed by atoms with Gasteiger partial charge in [-0.3, -0.25) is 5.10 Å². The second kappa shape index (κ2) is 4.56. The number of ether oxygens (including phenoxy) is 1. The van der Waals surface area contributed by atoms with E-state index in [0.717, 1.165) is 16.7 Å². The van der Waals surface area contributed by atoms with Gasteiger partial charge in [0.05, 0.1) is 6.20 Å². The number of rotatable bonds is 3. The van der Waals surface area contributed by atoms with Crippen molar-refractivity contribution in [3.63, 3.8) is 0 Å². The van der Waals surface area contributed by atoms with Crippen LogP contribution in [0.3, 0.4) is 0 Å². The molecule has 2 N–H and O–H groups in total. The molecule has 0 radical (unpaired) electrons. The zero-order valence-corrected chi connectivity index (χ0v) is 10.6. The molecule has 0 bridgehead atoms. The van der Waals surface area contributed by atoms with Gasteiger partial charge in [0.1, 0.15) is 11.1 Å². The van der Waals surface area contributed by atoms with Crippen molar-refractivity contribution >= 4 is 17.0 Å². The van der Waals surface area contributed by atoms with Crippen molar-refractivity contribution in [2.75, 3.05) is 12.4 Å².